The van der Waals surface area contributed by atoms with E-state index in [2.05, 4.69) is 193 Å². The largest absolute Gasteiger partial charge is 0.310 e. The van der Waals surface area contributed by atoms with Crippen LogP contribution in [0.1, 0.15) is 0 Å². The molecule has 50 heavy (non-hydrogen) atoms. The maximum absolute atomic E-state index is 2.43. The molecule has 0 aliphatic heterocycles. The fraction of sp³-hybridized carbons (Fsp3) is 0. The Kier molecular flexibility index (Phi) is 6.75. The van der Waals surface area contributed by atoms with Crippen molar-refractivity contribution >= 4 is 80.9 Å². The molecule has 0 amide bonds. The third-order valence-corrected chi connectivity index (χ3v) is 11.1. The lowest BCUT2D eigenvalue weighted by atomic mass is 9.97. The van der Waals surface area contributed by atoms with Crippen molar-refractivity contribution in [1.29, 1.82) is 0 Å². The minimum absolute atomic E-state index is 1.12. The molecule has 10 rings (SSSR count). The number of benzene rings is 9. The molecule has 0 aliphatic rings. The molecule has 0 atom stereocenters. The van der Waals surface area contributed by atoms with Crippen molar-refractivity contribution in [3.05, 3.63) is 188 Å². The Bertz CT molecular complexity index is 2880. The van der Waals surface area contributed by atoms with E-state index in [1.165, 1.54) is 74.7 Å². The van der Waals surface area contributed by atoms with Crippen molar-refractivity contribution in [2.75, 3.05) is 4.90 Å². The molecule has 10 aromatic rings. The summed E-state index contributed by atoms with van der Waals surface area (Å²) in [6.45, 7) is 0. The third kappa shape index (κ3) is 4.76. The minimum Gasteiger partial charge on any atom is -0.310 e. The molecule has 0 saturated carbocycles. The van der Waals surface area contributed by atoms with Crippen LogP contribution in [-0.4, -0.2) is 0 Å². The van der Waals surface area contributed by atoms with Crippen molar-refractivity contribution in [2.45, 2.75) is 0 Å². The van der Waals surface area contributed by atoms with Crippen LogP contribution in [0.15, 0.2) is 188 Å². The van der Waals surface area contributed by atoms with Crippen LogP contribution < -0.4 is 4.90 Å². The quantitative estimate of drug-likeness (QED) is 0.167. The van der Waals surface area contributed by atoms with Gasteiger partial charge in [0.15, 0.2) is 0 Å². The summed E-state index contributed by atoms with van der Waals surface area (Å²) >= 11 is 1.87. The van der Waals surface area contributed by atoms with E-state index in [9.17, 15) is 0 Å². The molecule has 0 radical (unpaired) electrons. The molecular formula is C48H31NS. The van der Waals surface area contributed by atoms with Crippen LogP contribution >= 0.6 is 11.3 Å². The van der Waals surface area contributed by atoms with Gasteiger partial charge < -0.3 is 4.90 Å². The molecule has 1 heterocycles. The maximum Gasteiger partial charge on any atom is 0.0546 e. The lowest BCUT2D eigenvalue weighted by molar-refractivity contribution is 1.30. The second-order valence-electron chi connectivity index (χ2n) is 12.9. The van der Waals surface area contributed by atoms with Gasteiger partial charge in [-0.05, 0) is 97.7 Å². The standard InChI is InChI=1S/C48H31NS/c1-2-12-34-29-36(24-23-32(34)11-1)35-14-9-15-39(30-35)49(45-31-37-13-3-4-16-40(37)42-17-5-6-18-43(42)45)38-27-25-33(26-28-38)41-20-10-22-47-48(41)44-19-7-8-21-46(44)50-47/h1-31H. The monoisotopic (exact) mass is 653 g/mol. The van der Waals surface area contributed by atoms with Gasteiger partial charge in [0.2, 0.25) is 0 Å². The van der Waals surface area contributed by atoms with Crippen molar-refractivity contribution in [3.63, 3.8) is 0 Å². The van der Waals surface area contributed by atoms with Crippen LogP contribution in [0.25, 0.3) is 74.7 Å². The Balaban J connectivity index is 1.17. The highest BCUT2D eigenvalue weighted by Gasteiger charge is 2.19. The number of nitrogens with zero attached hydrogens (tertiary/aromatic N) is 1. The zero-order valence-electron chi connectivity index (χ0n) is 27.3. The van der Waals surface area contributed by atoms with Gasteiger partial charge in [0.1, 0.15) is 0 Å². The molecule has 2 heteroatoms. The lowest BCUT2D eigenvalue weighted by Gasteiger charge is -2.28. The van der Waals surface area contributed by atoms with Gasteiger partial charge in [0.25, 0.3) is 0 Å². The average molecular weight is 654 g/mol. The first-order valence-corrected chi connectivity index (χ1v) is 17.9. The highest BCUT2D eigenvalue weighted by molar-refractivity contribution is 7.25. The number of fused-ring (bicyclic) bond motifs is 7. The molecule has 1 aromatic heterocycles. The Morgan fingerprint density at radius 2 is 0.980 bits per heavy atom. The summed E-state index contributed by atoms with van der Waals surface area (Å²) < 4.78 is 2.65. The Morgan fingerprint density at radius 1 is 0.340 bits per heavy atom. The fourth-order valence-electron chi connectivity index (χ4n) is 7.65. The van der Waals surface area contributed by atoms with Gasteiger partial charge in [-0.15, -0.1) is 11.3 Å². The zero-order chi connectivity index (χ0) is 33.0. The van der Waals surface area contributed by atoms with E-state index in [1.54, 1.807) is 0 Å². The van der Waals surface area contributed by atoms with Crippen molar-refractivity contribution in [2.24, 2.45) is 0 Å². The predicted octanol–water partition coefficient (Wildman–Crippen LogP) is 14.3. The molecule has 0 fully saturated rings. The van der Waals surface area contributed by atoms with E-state index in [4.69, 9.17) is 0 Å². The van der Waals surface area contributed by atoms with Crippen molar-refractivity contribution in [3.8, 4) is 22.3 Å². The van der Waals surface area contributed by atoms with E-state index >= 15 is 0 Å². The minimum atomic E-state index is 1.12. The maximum atomic E-state index is 2.43. The predicted molar refractivity (Wildman–Crippen MR) is 217 cm³/mol. The molecule has 0 bridgehead atoms. The Hall–Kier alpha value is -6.22. The fourth-order valence-corrected chi connectivity index (χ4v) is 8.78. The lowest BCUT2D eigenvalue weighted by Crippen LogP contribution is -2.10. The Labute approximate surface area is 294 Å². The second-order valence-corrected chi connectivity index (χ2v) is 14.0. The summed E-state index contributed by atoms with van der Waals surface area (Å²) in [7, 11) is 0. The van der Waals surface area contributed by atoms with E-state index < -0.39 is 0 Å². The first-order valence-electron chi connectivity index (χ1n) is 17.1. The molecule has 0 aliphatic carbocycles. The third-order valence-electron chi connectivity index (χ3n) is 10.0. The van der Waals surface area contributed by atoms with Gasteiger partial charge >= 0.3 is 0 Å². The van der Waals surface area contributed by atoms with Crippen molar-refractivity contribution < 1.29 is 0 Å². The molecule has 0 saturated heterocycles. The molecule has 0 N–H and O–H groups in total. The highest BCUT2D eigenvalue weighted by atomic mass is 32.1. The van der Waals surface area contributed by atoms with Gasteiger partial charge in [-0.1, -0.05) is 140 Å². The summed E-state index contributed by atoms with van der Waals surface area (Å²) in [5.74, 6) is 0. The summed E-state index contributed by atoms with van der Waals surface area (Å²) in [4.78, 5) is 2.43. The molecule has 234 valence electrons. The smallest absolute Gasteiger partial charge is 0.0546 e. The van der Waals surface area contributed by atoms with Crippen LogP contribution in [0.4, 0.5) is 17.1 Å². The number of hydrogen-bond acceptors (Lipinski definition) is 2. The second kappa shape index (κ2) is 11.7. The van der Waals surface area contributed by atoms with Crippen LogP contribution in [-0.2, 0) is 0 Å². The topological polar surface area (TPSA) is 3.24 Å². The van der Waals surface area contributed by atoms with Crippen LogP contribution in [0.5, 0.6) is 0 Å². The molecule has 0 spiro atoms. The number of hydrogen-bond donors (Lipinski definition) is 0. The van der Waals surface area contributed by atoms with Crippen LogP contribution in [0.3, 0.4) is 0 Å². The van der Waals surface area contributed by atoms with E-state index in [-0.39, 0.29) is 0 Å². The average Bonchev–Trinajstić information content (AvgIpc) is 3.57. The first-order chi connectivity index (χ1) is 24.8. The van der Waals surface area contributed by atoms with E-state index in [0.717, 1.165) is 17.1 Å². The molecule has 0 unspecified atom stereocenters. The highest BCUT2D eigenvalue weighted by Crippen LogP contribution is 2.44. The Morgan fingerprint density at radius 3 is 1.84 bits per heavy atom. The van der Waals surface area contributed by atoms with Crippen molar-refractivity contribution in [1.82, 2.24) is 0 Å². The first kappa shape index (κ1) is 28.8. The van der Waals surface area contributed by atoms with Crippen LogP contribution in [0, 0.1) is 0 Å². The van der Waals surface area contributed by atoms with Gasteiger partial charge in [0, 0.05) is 36.9 Å². The summed E-state index contributed by atoms with van der Waals surface area (Å²) in [6, 6.07) is 68.8. The van der Waals surface area contributed by atoms with E-state index in [1.807, 2.05) is 11.3 Å². The SMILES string of the molecule is c1cc(-c2ccc3ccccc3c2)cc(N(c2ccc(-c3cccc4sc5ccccc5c34)cc2)c2cc3ccccc3c3ccccc23)c1. The molecule has 1 nitrogen and oxygen atoms in total. The van der Waals surface area contributed by atoms with Gasteiger partial charge in [-0.3, -0.25) is 0 Å². The number of thiophene rings is 1. The molecule has 9 aromatic carbocycles. The molecular weight excluding hydrogens is 623 g/mol. The zero-order valence-corrected chi connectivity index (χ0v) is 28.1. The van der Waals surface area contributed by atoms with Gasteiger partial charge in [0.05, 0.1) is 5.69 Å². The van der Waals surface area contributed by atoms with Gasteiger partial charge in [-0.2, -0.15) is 0 Å². The number of anilines is 3. The summed E-state index contributed by atoms with van der Waals surface area (Å²) in [6.07, 6.45) is 0. The van der Waals surface area contributed by atoms with E-state index in [0.29, 0.717) is 0 Å². The number of rotatable bonds is 5. The summed E-state index contributed by atoms with van der Waals surface area (Å²) in [5, 5.41) is 10.1. The van der Waals surface area contributed by atoms with Crippen LogP contribution in [0.2, 0.25) is 0 Å². The van der Waals surface area contributed by atoms with Gasteiger partial charge in [-0.25, -0.2) is 0 Å². The summed E-state index contributed by atoms with van der Waals surface area (Å²) in [5.41, 5.74) is 8.29. The normalized spacial score (nSPS) is 11.6.